The van der Waals surface area contributed by atoms with E-state index in [2.05, 4.69) is 5.32 Å². The molecular weight excluding hydrogens is 416 g/mol. The summed E-state index contributed by atoms with van der Waals surface area (Å²) in [5.41, 5.74) is 1.84. The molecule has 1 saturated heterocycles. The normalized spacial score (nSPS) is 17.3. The molecule has 2 aromatic rings. The quantitative estimate of drug-likeness (QED) is 0.663. The number of amides is 3. The number of carbonyl (C=O) groups excluding carboxylic acids is 3. The minimum absolute atomic E-state index is 0.0862. The predicted molar refractivity (Wildman–Crippen MR) is 118 cm³/mol. The Labute approximate surface area is 184 Å². The number of rotatable bonds is 7. The molecular formula is C23H22N2O5S. The van der Waals surface area contributed by atoms with Gasteiger partial charge >= 0.3 is 0 Å². The Morgan fingerprint density at radius 1 is 1.16 bits per heavy atom. The van der Waals surface area contributed by atoms with E-state index in [1.54, 1.807) is 24.3 Å². The lowest BCUT2D eigenvalue weighted by Crippen LogP contribution is -2.37. The third kappa shape index (κ3) is 4.91. The van der Waals surface area contributed by atoms with E-state index in [9.17, 15) is 14.4 Å². The van der Waals surface area contributed by atoms with Crippen molar-refractivity contribution in [2.45, 2.75) is 19.3 Å². The molecule has 1 fully saturated rings. The Bertz CT molecular complexity index is 1040. The summed E-state index contributed by atoms with van der Waals surface area (Å²) in [6.07, 6.45) is 2.00. The van der Waals surface area contributed by atoms with Crippen LogP contribution in [0.3, 0.4) is 0 Å². The smallest absolute Gasteiger partial charge is 0.293 e. The minimum atomic E-state index is -0.362. The molecule has 2 aromatic carbocycles. The third-order valence-corrected chi connectivity index (χ3v) is 5.99. The van der Waals surface area contributed by atoms with E-state index in [1.807, 2.05) is 37.3 Å². The summed E-state index contributed by atoms with van der Waals surface area (Å²) >= 11 is 0.890. The van der Waals surface area contributed by atoms with Gasteiger partial charge in [0.1, 0.15) is 0 Å². The maximum absolute atomic E-state index is 12.6. The molecule has 0 aliphatic carbocycles. The van der Waals surface area contributed by atoms with Gasteiger partial charge in [-0.3, -0.25) is 19.3 Å². The average Bonchev–Trinajstić information content (AvgIpc) is 3.33. The Morgan fingerprint density at radius 3 is 2.74 bits per heavy atom. The summed E-state index contributed by atoms with van der Waals surface area (Å²) in [7, 11) is 0. The van der Waals surface area contributed by atoms with Crippen molar-refractivity contribution in [3.63, 3.8) is 0 Å². The van der Waals surface area contributed by atoms with Gasteiger partial charge in [-0.05, 0) is 47.0 Å². The summed E-state index contributed by atoms with van der Waals surface area (Å²) in [6, 6.07) is 15.1. The van der Waals surface area contributed by atoms with Crippen LogP contribution in [0, 0.1) is 0 Å². The van der Waals surface area contributed by atoms with Crippen molar-refractivity contribution in [1.29, 1.82) is 0 Å². The van der Waals surface area contributed by atoms with E-state index in [1.165, 1.54) is 0 Å². The van der Waals surface area contributed by atoms with Gasteiger partial charge in [0.15, 0.2) is 11.5 Å². The Hall–Kier alpha value is -3.26. The highest BCUT2D eigenvalue weighted by atomic mass is 32.2. The van der Waals surface area contributed by atoms with Gasteiger partial charge in [-0.25, -0.2) is 0 Å². The lowest BCUT2D eigenvalue weighted by Gasteiger charge is -2.15. The van der Waals surface area contributed by atoms with Crippen molar-refractivity contribution in [2.24, 2.45) is 0 Å². The second kappa shape index (κ2) is 9.26. The molecule has 0 saturated carbocycles. The zero-order valence-electron chi connectivity index (χ0n) is 17.0. The highest BCUT2D eigenvalue weighted by Gasteiger charge is 2.34. The second-order valence-electron chi connectivity index (χ2n) is 7.31. The van der Waals surface area contributed by atoms with Gasteiger partial charge in [-0.15, -0.1) is 0 Å². The molecule has 0 spiro atoms. The lowest BCUT2D eigenvalue weighted by atomic mass is 9.98. The molecule has 2 aliphatic heterocycles. The summed E-state index contributed by atoms with van der Waals surface area (Å²) in [6.45, 7) is 2.52. The van der Waals surface area contributed by atoms with Crippen molar-refractivity contribution < 1.29 is 23.9 Å². The Morgan fingerprint density at radius 2 is 1.94 bits per heavy atom. The average molecular weight is 439 g/mol. The van der Waals surface area contributed by atoms with Crippen molar-refractivity contribution in [2.75, 3.05) is 19.9 Å². The Balaban J connectivity index is 1.30. The van der Waals surface area contributed by atoms with E-state index in [-0.39, 0.29) is 42.9 Å². The second-order valence-corrected chi connectivity index (χ2v) is 8.31. The molecule has 31 heavy (non-hydrogen) atoms. The topological polar surface area (TPSA) is 84.9 Å². The van der Waals surface area contributed by atoms with Gasteiger partial charge in [0.25, 0.3) is 11.1 Å². The number of hydrogen-bond acceptors (Lipinski definition) is 6. The Kier molecular flexibility index (Phi) is 6.27. The van der Waals surface area contributed by atoms with E-state index in [0.717, 1.165) is 27.8 Å². The lowest BCUT2D eigenvalue weighted by molar-refractivity contribution is -0.124. The van der Waals surface area contributed by atoms with Crippen LogP contribution >= 0.6 is 11.8 Å². The number of ether oxygens (including phenoxy) is 2. The van der Waals surface area contributed by atoms with Crippen LogP contribution in [0.2, 0.25) is 0 Å². The zero-order valence-corrected chi connectivity index (χ0v) is 17.8. The predicted octanol–water partition coefficient (Wildman–Crippen LogP) is 3.76. The molecule has 1 unspecified atom stereocenters. The summed E-state index contributed by atoms with van der Waals surface area (Å²) in [5.74, 6) is 0.879. The fraction of sp³-hybridized carbons (Fsp3) is 0.261. The molecule has 1 atom stereocenters. The number of benzene rings is 2. The third-order valence-electron chi connectivity index (χ3n) is 5.09. The van der Waals surface area contributed by atoms with Gasteiger partial charge in [-0.2, -0.15) is 0 Å². The zero-order chi connectivity index (χ0) is 21.8. The fourth-order valence-corrected chi connectivity index (χ4v) is 4.27. The van der Waals surface area contributed by atoms with Crippen LogP contribution in [0.25, 0.3) is 6.08 Å². The first-order valence-corrected chi connectivity index (χ1v) is 10.8. The maximum Gasteiger partial charge on any atom is 0.293 e. The molecule has 0 aromatic heterocycles. The summed E-state index contributed by atoms with van der Waals surface area (Å²) < 4.78 is 10.6. The highest BCUT2D eigenvalue weighted by Crippen LogP contribution is 2.36. The standard InChI is InChI=1S/C23H22N2O5S/c1-15(17-5-3-2-4-6-17)11-21(26)24-9-10-25-22(27)20(31-23(25)28)13-16-7-8-18-19(12-16)30-14-29-18/h2-8,12-13,15H,9-11,14H2,1H3,(H,24,26)/b20-13+. The molecule has 3 amide bonds. The molecule has 0 radical (unpaired) electrons. The molecule has 2 heterocycles. The molecule has 8 heteroatoms. The summed E-state index contributed by atoms with van der Waals surface area (Å²) in [4.78, 5) is 38.6. The first-order chi connectivity index (χ1) is 15.0. The number of carbonyl (C=O) groups is 3. The van der Waals surface area contributed by atoms with Crippen molar-refractivity contribution in [3.8, 4) is 11.5 Å². The SMILES string of the molecule is CC(CC(=O)NCCN1C(=O)S/C(=C/c2ccc3c(c2)OCO3)C1=O)c1ccccc1. The van der Waals surface area contributed by atoms with Crippen molar-refractivity contribution in [1.82, 2.24) is 10.2 Å². The van der Waals surface area contributed by atoms with Crippen LogP contribution in [0.4, 0.5) is 4.79 Å². The van der Waals surface area contributed by atoms with Crippen LogP contribution in [-0.4, -0.2) is 41.8 Å². The van der Waals surface area contributed by atoms with Gasteiger partial charge in [0, 0.05) is 19.5 Å². The van der Waals surface area contributed by atoms with E-state index < -0.39 is 0 Å². The van der Waals surface area contributed by atoms with Gasteiger partial charge in [0.05, 0.1) is 4.91 Å². The van der Waals surface area contributed by atoms with Crippen molar-refractivity contribution in [3.05, 3.63) is 64.6 Å². The van der Waals surface area contributed by atoms with Crippen molar-refractivity contribution >= 4 is 34.9 Å². The van der Waals surface area contributed by atoms with Crippen LogP contribution in [0.15, 0.2) is 53.4 Å². The number of thioether (sulfide) groups is 1. The van der Waals surface area contributed by atoms with E-state index in [4.69, 9.17) is 9.47 Å². The van der Waals surface area contributed by atoms with E-state index in [0.29, 0.717) is 22.8 Å². The molecule has 160 valence electrons. The van der Waals surface area contributed by atoms with Gasteiger partial charge in [-0.1, -0.05) is 43.3 Å². The van der Waals surface area contributed by atoms with Crippen LogP contribution in [-0.2, 0) is 9.59 Å². The number of nitrogens with one attached hydrogen (secondary N) is 1. The molecule has 0 bridgehead atoms. The minimum Gasteiger partial charge on any atom is -0.454 e. The van der Waals surface area contributed by atoms with E-state index >= 15 is 0 Å². The number of fused-ring (bicyclic) bond motifs is 1. The van der Waals surface area contributed by atoms with Crippen LogP contribution < -0.4 is 14.8 Å². The first kappa shape index (κ1) is 21.0. The molecule has 1 N–H and O–H groups in total. The largest absolute Gasteiger partial charge is 0.454 e. The first-order valence-electron chi connectivity index (χ1n) is 9.98. The molecule has 2 aliphatic rings. The monoisotopic (exact) mass is 438 g/mol. The van der Waals surface area contributed by atoms with Gasteiger partial charge < -0.3 is 14.8 Å². The number of hydrogen-bond donors (Lipinski definition) is 1. The molecule has 4 rings (SSSR count). The number of nitrogens with zero attached hydrogens (tertiary/aromatic N) is 1. The number of imide groups is 1. The van der Waals surface area contributed by atoms with Crippen LogP contribution in [0.5, 0.6) is 11.5 Å². The highest BCUT2D eigenvalue weighted by molar-refractivity contribution is 8.18. The fourth-order valence-electron chi connectivity index (χ4n) is 3.40. The van der Waals surface area contributed by atoms with Gasteiger partial charge in [0.2, 0.25) is 12.7 Å². The summed E-state index contributed by atoms with van der Waals surface area (Å²) in [5, 5.41) is 2.46. The molecule has 7 nitrogen and oxygen atoms in total. The van der Waals surface area contributed by atoms with Crippen LogP contribution in [0.1, 0.15) is 30.4 Å². The maximum atomic E-state index is 12.6.